The van der Waals surface area contributed by atoms with Crippen molar-refractivity contribution < 1.29 is 9.42 Å². The minimum absolute atomic E-state index is 0.0111. The van der Waals surface area contributed by atoms with Gasteiger partial charge in [0.15, 0.2) is 5.69 Å². The molecule has 0 fully saturated rings. The molecule has 0 radical (unpaired) electrons. The van der Waals surface area contributed by atoms with Crippen molar-refractivity contribution in [3.05, 3.63) is 70.4 Å². The number of aromatic nitrogens is 5. The number of amides is 1. The Kier molecular flexibility index (Phi) is 5.22. The molecule has 0 unspecified atom stereocenters. The number of nitrogen functional groups attached to an aromatic ring is 1. The first kappa shape index (κ1) is 19.3. The van der Waals surface area contributed by atoms with Gasteiger partial charge < -0.3 is 5.73 Å². The lowest BCUT2D eigenvalue weighted by molar-refractivity contribution is 0.0950. The van der Waals surface area contributed by atoms with Gasteiger partial charge in [-0.15, -0.1) is 5.10 Å². The Balaban J connectivity index is 1.70. The van der Waals surface area contributed by atoms with Crippen LogP contribution in [0.5, 0.6) is 0 Å². The molecule has 2 heterocycles. The second-order valence-electron chi connectivity index (χ2n) is 6.26. The molecule has 4 rings (SSSR count). The number of aryl methyl sites for hydroxylation is 1. The lowest BCUT2D eigenvalue weighted by atomic mass is 10.1. The van der Waals surface area contributed by atoms with E-state index in [1.807, 2.05) is 37.3 Å². The SMILES string of the molecule is Cc1ccc(-c2c(C(=O)N/N=C/c3ccccc3Cl)nnn2-c2nonc2N)cc1. The minimum Gasteiger partial charge on any atom is -0.378 e. The summed E-state index contributed by atoms with van der Waals surface area (Å²) in [5.41, 5.74) is 11.0. The second-order valence-corrected chi connectivity index (χ2v) is 6.67. The third kappa shape index (κ3) is 3.76. The number of nitrogens with two attached hydrogens (primary N) is 1. The van der Waals surface area contributed by atoms with Crippen molar-refractivity contribution >= 4 is 29.5 Å². The highest BCUT2D eigenvalue weighted by Crippen LogP contribution is 2.26. The number of halogens is 1. The van der Waals surface area contributed by atoms with E-state index in [9.17, 15) is 4.79 Å². The highest BCUT2D eigenvalue weighted by molar-refractivity contribution is 6.33. The quantitative estimate of drug-likeness (QED) is 0.372. The minimum atomic E-state index is -0.574. The number of hydrogen-bond acceptors (Lipinski definition) is 8. The molecule has 0 saturated carbocycles. The molecule has 4 aromatic rings. The Morgan fingerprint density at radius 3 is 2.67 bits per heavy atom. The highest BCUT2D eigenvalue weighted by atomic mass is 35.5. The van der Waals surface area contributed by atoms with Gasteiger partial charge in [-0.3, -0.25) is 4.79 Å². The monoisotopic (exact) mass is 422 g/mol. The molecule has 0 aliphatic rings. The maximum Gasteiger partial charge on any atom is 0.294 e. The van der Waals surface area contributed by atoms with Crippen LogP contribution in [0.4, 0.5) is 5.82 Å². The fraction of sp³-hybridized carbons (Fsp3) is 0.0526. The Morgan fingerprint density at radius 1 is 1.20 bits per heavy atom. The van der Waals surface area contributed by atoms with Crippen LogP contribution in [0, 0.1) is 6.92 Å². The molecular weight excluding hydrogens is 408 g/mol. The molecule has 10 nitrogen and oxygen atoms in total. The van der Waals surface area contributed by atoms with Gasteiger partial charge in [-0.2, -0.15) is 9.78 Å². The van der Waals surface area contributed by atoms with Crippen LogP contribution >= 0.6 is 11.6 Å². The smallest absolute Gasteiger partial charge is 0.294 e. The van der Waals surface area contributed by atoms with Gasteiger partial charge in [0, 0.05) is 16.1 Å². The molecule has 11 heteroatoms. The normalized spacial score (nSPS) is 11.1. The van der Waals surface area contributed by atoms with Gasteiger partial charge in [-0.05, 0) is 23.3 Å². The molecule has 0 aliphatic carbocycles. The number of nitrogens with one attached hydrogen (secondary N) is 1. The van der Waals surface area contributed by atoms with Gasteiger partial charge >= 0.3 is 0 Å². The standard InChI is InChI=1S/C19H15ClN8O2/c1-11-6-8-12(9-7-11)16-15(23-27-28(16)18-17(21)25-30-26-18)19(29)24-22-10-13-4-2-3-5-14(13)20/h2-10H,1H3,(H2,21,25)(H,24,29)/b22-10+. The van der Waals surface area contributed by atoms with Crippen LogP contribution in [-0.4, -0.2) is 37.4 Å². The van der Waals surface area contributed by atoms with Crippen LogP contribution in [0.1, 0.15) is 21.6 Å². The predicted octanol–water partition coefficient (Wildman–Crippen LogP) is 2.63. The lowest BCUT2D eigenvalue weighted by Gasteiger charge is -2.06. The van der Waals surface area contributed by atoms with Crippen molar-refractivity contribution in [1.82, 2.24) is 30.7 Å². The fourth-order valence-corrected chi connectivity index (χ4v) is 2.87. The average Bonchev–Trinajstić information content (AvgIpc) is 3.36. The first-order chi connectivity index (χ1) is 14.5. The molecule has 0 spiro atoms. The van der Waals surface area contributed by atoms with Crippen LogP contribution < -0.4 is 11.2 Å². The van der Waals surface area contributed by atoms with Crippen LogP contribution in [-0.2, 0) is 0 Å². The summed E-state index contributed by atoms with van der Waals surface area (Å²) in [6.45, 7) is 1.95. The zero-order valence-electron chi connectivity index (χ0n) is 15.7. The van der Waals surface area contributed by atoms with E-state index in [-0.39, 0.29) is 17.3 Å². The van der Waals surface area contributed by atoms with Crippen molar-refractivity contribution in [2.24, 2.45) is 5.10 Å². The zero-order valence-corrected chi connectivity index (χ0v) is 16.4. The summed E-state index contributed by atoms with van der Waals surface area (Å²) in [4.78, 5) is 12.8. The van der Waals surface area contributed by atoms with Crippen LogP contribution in [0.3, 0.4) is 0 Å². The molecule has 0 bridgehead atoms. The summed E-state index contributed by atoms with van der Waals surface area (Å²) < 4.78 is 5.95. The average molecular weight is 423 g/mol. The molecule has 30 heavy (non-hydrogen) atoms. The van der Waals surface area contributed by atoms with Gasteiger partial charge in [-0.25, -0.2) is 10.1 Å². The number of benzene rings is 2. The van der Waals surface area contributed by atoms with Crippen LogP contribution in [0.2, 0.25) is 5.02 Å². The second kappa shape index (κ2) is 8.13. The van der Waals surface area contributed by atoms with Crippen molar-refractivity contribution in [2.45, 2.75) is 6.92 Å². The van der Waals surface area contributed by atoms with Gasteiger partial charge in [0.1, 0.15) is 5.69 Å². The molecule has 0 atom stereocenters. The molecule has 1 amide bonds. The number of anilines is 1. The molecule has 2 aromatic heterocycles. The first-order valence-corrected chi connectivity index (χ1v) is 9.11. The Morgan fingerprint density at radius 2 is 1.97 bits per heavy atom. The summed E-state index contributed by atoms with van der Waals surface area (Å²) in [6.07, 6.45) is 1.44. The predicted molar refractivity (Wildman–Crippen MR) is 110 cm³/mol. The van der Waals surface area contributed by atoms with Gasteiger partial charge in [0.25, 0.3) is 5.91 Å². The van der Waals surface area contributed by atoms with Crippen molar-refractivity contribution in [1.29, 1.82) is 0 Å². The van der Waals surface area contributed by atoms with E-state index in [1.165, 1.54) is 10.9 Å². The van der Waals surface area contributed by atoms with Gasteiger partial charge in [0.2, 0.25) is 11.6 Å². The summed E-state index contributed by atoms with van der Waals surface area (Å²) in [6, 6.07) is 14.6. The molecule has 0 saturated heterocycles. The van der Waals surface area contributed by atoms with E-state index in [1.54, 1.807) is 18.2 Å². The molecule has 3 N–H and O–H groups in total. The number of hydrazone groups is 1. The summed E-state index contributed by atoms with van der Waals surface area (Å²) >= 11 is 6.09. The van der Waals surface area contributed by atoms with Crippen LogP contribution in [0.25, 0.3) is 17.1 Å². The van der Waals surface area contributed by atoms with E-state index >= 15 is 0 Å². The molecule has 0 aliphatic heterocycles. The van der Waals surface area contributed by atoms with E-state index < -0.39 is 5.91 Å². The molecular formula is C19H15ClN8O2. The van der Waals surface area contributed by atoms with Gasteiger partial charge in [-0.1, -0.05) is 64.8 Å². The lowest BCUT2D eigenvalue weighted by Crippen LogP contribution is -2.19. The summed E-state index contributed by atoms with van der Waals surface area (Å²) in [5, 5.41) is 19.8. The topological polar surface area (TPSA) is 137 Å². The van der Waals surface area contributed by atoms with Crippen molar-refractivity contribution in [3.8, 4) is 17.1 Å². The van der Waals surface area contributed by atoms with Crippen molar-refractivity contribution in [3.63, 3.8) is 0 Å². The number of rotatable bonds is 5. The fourth-order valence-electron chi connectivity index (χ4n) is 2.68. The third-order valence-electron chi connectivity index (χ3n) is 4.18. The zero-order chi connectivity index (χ0) is 21.1. The number of carbonyl (C=O) groups excluding carboxylic acids is 1. The largest absolute Gasteiger partial charge is 0.378 e. The number of carbonyl (C=O) groups is 1. The van der Waals surface area contributed by atoms with E-state index in [0.717, 1.165) is 5.56 Å². The van der Waals surface area contributed by atoms with Gasteiger partial charge in [0.05, 0.1) is 6.21 Å². The van der Waals surface area contributed by atoms with E-state index in [0.29, 0.717) is 21.8 Å². The third-order valence-corrected chi connectivity index (χ3v) is 4.53. The van der Waals surface area contributed by atoms with Crippen LogP contribution in [0.15, 0.2) is 58.3 Å². The molecule has 2 aromatic carbocycles. The highest BCUT2D eigenvalue weighted by Gasteiger charge is 2.25. The maximum atomic E-state index is 12.8. The Labute approximate surface area is 175 Å². The molecule has 150 valence electrons. The Hall–Kier alpha value is -4.05. The summed E-state index contributed by atoms with van der Waals surface area (Å²) in [5.74, 6) is -0.441. The van der Waals surface area contributed by atoms with E-state index in [4.69, 9.17) is 17.3 Å². The maximum absolute atomic E-state index is 12.8. The number of hydrogen-bond donors (Lipinski definition) is 2. The van der Waals surface area contributed by atoms with Crippen molar-refractivity contribution in [2.75, 3.05) is 5.73 Å². The number of nitrogens with zero attached hydrogens (tertiary/aromatic N) is 6. The summed E-state index contributed by atoms with van der Waals surface area (Å²) in [7, 11) is 0. The van der Waals surface area contributed by atoms with E-state index in [2.05, 4.69) is 35.8 Å². The Bertz CT molecular complexity index is 1230. The first-order valence-electron chi connectivity index (χ1n) is 8.73.